The SMILES string of the molecule is Cc1cc(F)c(N)cc1S(=O)(=O)Nc1cn(C)nc1C. The number of nitrogens with two attached hydrogens (primary N) is 1. The van der Waals surface area contributed by atoms with Crippen molar-refractivity contribution in [1.29, 1.82) is 0 Å². The summed E-state index contributed by atoms with van der Waals surface area (Å²) in [6.45, 7) is 3.19. The fourth-order valence-corrected chi connectivity index (χ4v) is 3.22. The van der Waals surface area contributed by atoms with Gasteiger partial charge in [0.25, 0.3) is 10.0 Å². The van der Waals surface area contributed by atoms with Crippen molar-refractivity contribution in [2.75, 3.05) is 10.5 Å². The van der Waals surface area contributed by atoms with Gasteiger partial charge in [0.05, 0.1) is 22.0 Å². The van der Waals surface area contributed by atoms with Gasteiger partial charge in [-0.05, 0) is 31.5 Å². The molecule has 1 heterocycles. The van der Waals surface area contributed by atoms with Crippen molar-refractivity contribution in [3.63, 3.8) is 0 Å². The highest BCUT2D eigenvalue weighted by Crippen LogP contribution is 2.24. The van der Waals surface area contributed by atoms with Crippen LogP contribution in [0.25, 0.3) is 0 Å². The molecule has 1 aromatic carbocycles. The number of rotatable bonds is 3. The molecule has 2 rings (SSSR count). The molecular weight excluding hydrogens is 283 g/mol. The fraction of sp³-hybridized carbons (Fsp3) is 0.250. The van der Waals surface area contributed by atoms with Gasteiger partial charge in [0, 0.05) is 13.2 Å². The minimum Gasteiger partial charge on any atom is -0.396 e. The van der Waals surface area contributed by atoms with Crippen LogP contribution in [0.5, 0.6) is 0 Å². The molecule has 0 spiro atoms. The van der Waals surface area contributed by atoms with E-state index in [9.17, 15) is 12.8 Å². The molecule has 0 saturated heterocycles. The van der Waals surface area contributed by atoms with Crippen LogP contribution in [0.1, 0.15) is 11.3 Å². The van der Waals surface area contributed by atoms with E-state index in [2.05, 4.69) is 9.82 Å². The van der Waals surface area contributed by atoms with Crippen LogP contribution in [0.2, 0.25) is 0 Å². The van der Waals surface area contributed by atoms with E-state index in [1.54, 1.807) is 20.2 Å². The van der Waals surface area contributed by atoms with Crippen LogP contribution in [0.15, 0.2) is 23.2 Å². The van der Waals surface area contributed by atoms with E-state index in [4.69, 9.17) is 5.73 Å². The number of halogens is 1. The van der Waals surface area contributed by atoms with Crippen LogP contribution in [0.4, 0.5) is 15.8 Å². The lowest BCUT2D eigenvalue weighted by Gasteiger charge is -2.10. The Bertz CT molecular complexity index is 768. The summed E-state index contributed by atoms with van der Waals surface area (Å²) in [6.07, 6.45) is 1.55. The second-order valence-corrected chi connectivity index (χ2v) is 6.20. The number of anilines is 2. The third-order valence-corrected chi connectivity index (χ3v) is 4.35. The summed E-state index contributed by atoms with van der Waals surface area (Å²) in [5.74, 6) is -0.640. The number of nitrogen functional groups attached to an aromatic ring is 1. The van der Waals surface area contributed by atoms with Crippen molar-refractivity contribution in [3.05, 3.63) is 35.4 Å². The van der Waals surface area contributed by atoms with Crippen LogP contribution in [-0.2, 0) is 17.1 Å². The quantitative estimate of drug-likeness (QED) is 0.841. The Labute approximate surface area is 116 Å². The molecule has 0 amide bonds. The summed E-state index contributed by atoms with van der Waals surface area (Å²) in [5, 5.41) is 4.05. The lowest BCUT2D eigenvalue weighted by Crippen LogP contribution is -2.15. The molecule has 3 N–H and O–H groups in total. The maximum atomic E-state index is 13.3. The highest BCUT2D eigenvalue weighted by atomic mass is 32.2. The number of benzene rings is 1. The predicted octanol–water partition coefficient (Wildman–Crippen LogP) is 1.56. The molecule has 0 atom stereocenters. The zero-order valence-electron chi connectivity index (χ0n) is 11.3. The molecule has 0 bridgehead atoms. The van der Waals surface area contributed by atoms with E-state index in [0.29, 0.717) is 11.4 Å². The molecule has 0 aliphatic rings. The fourth-order valence-electron chi connectivity index (χ4n) is 1.86. The molecule has 0 saturated carbocycles. The Morgan fingerprint density at radius 3 is 2.55 bits per heavy atom. The van der Waals surface area contributed by atoms with Crippen LogP contribution in [0, 0.1) is 19.7 Å². The predicted molar refractivity (Wildman–Crippen MR) is 74.3 cm³/mol. The first-order chi connectivity index (χ1) is 9.20. The van der Waals surface area contributed by atoms with Crippen molar-refractivity contribution >= 4 is 21.4 Å². The minimum atomic E-state index is -3.84. The molecule has 0 aliphatic carbocycles. The number of hydrogen-bond donors (Lipinski definition) is 2. The maximum absolute atomic E-state index is 13.3. The molecule has 1 aromatic heterocycles. The molecule has 8 heteroatoms. The number of nitrogens with zero attached hydrogens (tertiary/aromatic N) is 2. The first kappa shape index (κ1) is 14.3. The summed E-state index contributed by atoms with van der Waals surface area (Å²) in [7, 11) is -2.16. The molecule has 0 unspecified atom stereocenters. The van der Waals surface area contributed by atoms with Crippen LogP contribution in [-0.4, -0.2) is 18.2 Å². The molecule has 20 heavy (non-hydrogen) atoms. The Hall–Kier alpha value is -2.09. The van der Waals surface area contributed by atoms with Crippen molar-refractivity contribution < 1.29 is 12.8 Å². The number of nitrogens with one attached hydrogen (secondary N) is 1. The third-order valence-electron chi connectivity index (χ3n) is 2.84. The Morgan fingerprint density at radius 2 is 2.00 bits per heavy atom. The lowest BCUT2D eigenvalue weighted by atomic mass is 10.2. The molecular formula is C12H15FN4O2S. The van der Waals surface area contributed by atoms with E-state index in [1.165, 1.54) is 11.6 Å². The highest BCUT2D eigenvalue weighted by Gasteiger charge is 2.20. The Kier molecular flexibility index (Phi) is 3.43. The number of aryl methyl sites for hydroxylation is 3. The smallest absolute Gasteiger partial charge is 0.262 e. The van der Waals surface area contributed by atoms with Crippen molar-refractivity contribution in [3.8, 4) is 0 Å². The molecule has 2 aromatic rings. The largest absolute Gasteiger partial charge is 0.396 e. The summed E-state index contributed by atoms with van der Waals surface area (Å²) >= 11 is 0. The van der Waals surface area contributed by atoms with Gasteiger partial charge in [0.2, 0.25) is 0 Å². The van der Waals surface area contributed by atoms with Crippen LogP contribution >= 0.6 is 0 Å². The minimum absolute atomic E-state index is 0.0559. The second kappa shape index (κ2) is 4.78. The number of sulfonamides is 1. The van der Waals surface area contributed by atoms with E-state index >= 15 is 0 Å². The van der Waals surface area contributed by atoms with Crippen molar-refractivity contribution in [2.24, 2.45) is 7.05 Å². The first-order valence-electron chi connectivity index (χ1n) is 5.79. The van der Waals surface area contributed by atoms with E-state index in [0.717, 1.165) is 12.1 Å². The molecule has 108 valence electrons. The third kappa shape index (κ3) is 2.60. The molecule has 0 fully saturated rings. The lowest BCUT2D eigenvalue weighted by molar-refractivity contribution is 0.599. The second-order valence-electron chi connectivity index (χ2n) is 4.55. The number of aromatic nitrogens is 2. The van der Waals surface area contributed by atoms with E-state index in [1.807, 2.05) is 0 Å². The van der Waals surface area contributed by atoms with Crippen molar-refractivity contribution in [1.82, 2.24) is 9.78 Å². The average molecular weight is 298 g/mol. The summed E-state index contributed by atoms with van der Waals surface area (Å²) < 4.78 is 41.9. The van der Waals surface area contributed by atoms with Gasteiger partial charge in [0.1, 0.15) is 5.82 Å². The Morgan fingerprint density at radius 1 is 1.35 bits per heavy atom. The molecule has 0 aliphatic heterocycles. The summed E-state index contributed by atoms with van der Waals surface area (Å²) in [6, 6.07) is 2.21. The van der Waals surface area contributed by atoms with Crippen LogP contribution < -0.4 is 10.5 Å². The molecule has 0 radical (unpaired) electrons. The maximum Gasteiger partial charge on any atom is 0.262 e. The average Bonchev–Trinajstić information content (AvgIpc) is 2.61. The van der Waals surface area contributed by atoms with Gasteiger partial charge in [-0.3, -0.25) is 9.40 Å². The zero-order valence-corrected chi connectivity index (χ0v) is 12.1. The van der Waals surface area contributed by atoms with Crippen molar-refractivity contribution in [2.45, 2.75) is 18.7 Å². The van der Waals surface area contributed by atoms with Gasteiger partial charge < -0.3 is 5.73 Å². The Balaban J connectivity index is 2.46. The van der Waals surface area contributed by atoms with E-state index in [-0.39, 0.29) is 16.1 Å². The monoisotopic (exact) mass is 298 g/mol. The van der Waals surface area contributed by atoms with E-state index < -0.39 is 15.8 Å². The normalized spacial score (nSPS) is 11.6. The van der Waals surface area contributed by atoms with Gasteiger partial charge in [-0.1, -0.05) is 0 Å². The molecule has 6 nitrogen and oxygen atoms in total. The topological polar surface area (TPSA) is 90.0 Å². The van der Waals surface area contributed by atoms with Crippen LogP contribution in [0.3, 0.4) is 0 Å². The van der Waals surface area contributed by atoms with Gasteiger partial charge in [-0.25, -0.2) is 12.8 Å². The summed E-state index contributed by atoms with van der Waals surface area (Å²) in [4.78, 5) is -0.0559. The van der Waals surface area contributed by atoms with Gasteiger partial charge >= 0.3 is 0 Å². The first-order valence-corrected chi connectivity index (χ1v) is 7.27. The summed E-state index contributed by atoms with van der Waals surface area (Å²) in [5.41, 5.74) is 6.42. The number of hydrogen-bond acceptors (Lipinski definition) is 4. The standard InChI is InChI=1S/C12H15FN4O2S/c1-7-4-9(13)10(14)5-12(7)20(18,19)16-11-6-17(3)15-8(11)2/h4-6,16H,14H2,1-3H3. The van der Waals surface area contributed by atoms with Gasteiger partial charge in [0.15, 0.2) is 0 Å². The zero-order chi connectivity index (χ0) is 15.1. The van der Waals surface area contributed by atoms with Gasteiger partial charge in [-0.2, -0.15) is 5.10 Å². The highest BCUT2D eigenvalue weighted by molar-refractivity contribution is 7.92. The van der Waals surface area contributed by atoms with Gasteiger partial charge in [-0.15, -0.1) is 0 Å².